The standard InChI is InChI=1S/C19H20N2O2/c1-13(22)18-12-15-9-5-6-10-17(15)21(18)19(23)16(20)11-14-7-3-2-4-8-14/h2-10,16,18H,11-12,20H2,1H3/t16-,18-/m0/s1. The van der Waals surface area contributed by atoms with Crippen LogP contribution in [0.5, 0.6) is 0 Å². The van der Waals surface area contributed by atoms with E-state index in [9.17, 15) is 9.59 Å². The molecule has 2 atom stereocenters. The molecular weight excluding hydrogens is 288 g/mol. The van der Waals surface area contributed by atoms with Crippen molar-refractivity contribution in [1.29, 1.82) is 0 Å². The lowest BCUT2D eigenvalue weighted by atomic mass is 10.0. The zero-order chi connectivity index (χ0) is 16.4. The SMILES string of the molecule is CC(=O)[C@@H]1Cc2ccccc2N1C(=O)[C@@H](N)Cc1ccccc1. The fourth-order valence-electron chi connectivity index (χ4n) is 3.12. The summed E-state index contributed by atoms with van der Waals surface area (Å²) in [6.07, 6.45) is 1.03. The maximum absolute atomic E-state index is 12.9. The van der Waals surface area contributed by atoms with Gasteiger partial charge >= 0.3 is 0 Å². The molecule has 2 aromatic carbocycles. The molecule has 1 aliphatic heterocycles. The summed E-state index contributed by atoms with van der Waals surface area (Å²) in [7, 11) is 0. The number of para-hydroxylation sites is 1. The molecule has 0 aliphatic carbocycles. The van der Waals surface area contributed by atoms with Crippen molar-refractivity contribution in [1.82, 2.24) is 0 Å². The topological polar surface area (TPSA) is 63.4 Å². The molecule has 2 aromatic rings. The number of hydrogen-bond acceptors (Lipinski definition) is 3. The molecular formula is C19H20N2O2. The molecule has 23 heavy (non-hydrogen) atoms. The minimum atomic E-state index is -0.662. The highest BCUT2D eigenvalue weighted by Crippen LogP contribution is 2.33. The number of hydrogen-bond donors (Lipinski definition) is 1. The molecule has 4 nitrogen and oxygen atoms in total. The Hall–Kier alpha value is -2.46. The van der Waals surface area contributed by atoms with E-state index in [0.717, 1.165) is 16.8 Å². The van der Waals surface area contributed by atoms with Crippen LogP contribution in [0.25, 0.3) is 0 Å². The first kappa shape index (κ1) is 15.4. The molecule has 3 rings (SSSR count). The lowest BCUT2D eigenvalue weighted by molar-refractivity contribution is -0.124. The maximum atomic E-state index is 12.9. The summed E-state index contributed by atoms with van der Waals surface area (Å²) in [4.78, 5) is 26.4. The van der Waals surface area contributed by atoms with Crippen molar-refractivity contribution in [3.05, 3.63) is 65.7 Å². The van der Waals surface area contributed by atoms with Gasteiger partial charge in [-0.2, -0.15) is 0 Å². The van der Waals surface area contributed by atoms with Crippen molar-refractivity contribution >= 4 is 17.4 Å². The van der Waals surface area contributed by atoms with E-state index < -0.39 is 12.1 Å². The zero-order valence-corrected chi connectivity index (χ0v) is 13.1. The van der Waals surface area contributed by atoms with Gasteiger partial charge in [-0.05, 0) is 30.5 Å². The van der Waals surface area contributed by atoms with Crippen LogP contribution in [0.15, 0.2) is 54.6 Å². The Bertz CT molecular complexity index is 727. The van der Waals surface area contributed by atoms with Gasteiger partial charge in [0, 0.05) is 12.1 Å². The lowest BCUT2D eigenvalue weighted by Gasteiger charge is -2.26. The Morgan fingerprint density at radius 2 is 1.78 bits per heavy atom. The number of amides is 1. The molecule has 2 N–H and O–H groups in total. The van der Waals surface area contributed by atoms with Gasteiger partial charge in [0.1, 0.15) is 0 Å². The van der Waals surface area contributed by atoms with Gasteiger partial charge in [-0.15, -0.1) is 0 Å². The second kappa shape index (κ2) is 6.34. The molecule has 0 saturated heterocycles. The van der Waals surface area contributed by atoms with Gasteiger partial charge in [0.15, 0.2) is 5.78 Å². The number of nitrogens with zero attached hydrogens (tertiary/aromatic N) is 1. The highest BCUT2D eigenvalue weighted by atomic mass is 16.2. The van der Waals surface area contributed by atoms with E-state index in [1.807, 2.05) is 54.6 Å². The Balaban J connectivity index is 1.85. The van der Waals surface area contributed by atoms with E-state index in [-0.39, 0.29) is 11.7 Å². The molecule has 4 heteroatoms. The van der Waals surface area contributed by atoms with E-state index in [4.69, 9.17) is 5.73 Å². The average Bonchev–Trinajstić information content (AvgIpc) is 2.94. The molecule has 0 fully saturated rings. The fourth-order valence-corrected chi connectivity index (χ4v) is 3.12. The number of rotatable bonds is 4. The highest BCUT2D eigenvalue weighted by molar-refractivity contribution is 6.05. The Morgan fingerprint density at radius 1 is 1.13 bits per heavy atom. The van der Waals surface area contributed by atoms with E-state index in [2.05, 4.69) is 0 Å². The third-order valence-electron chi connectivity index (χ3n) is 4.30. The molecule has 1 amide bonds. The average molecular weight is 308 g/mol. The first-order chi connectivity index (χ1) is 11.1. The Kier molecular flexibility index (Phi) is 4.26. The summed E-state index contributed by atoms with van der Waals surface area (Å²) < 4.78 is 0. The molecule has 0 unspecified atom stereocenters. The van der Waals surface area contributed by atoms with Crippen LogP contribution in [0.3, 0.4) is 0 Å². The van der Waals surface area contributed by atoms with Crippen LogP contribution in [0.1, 0.15) is 18.1 Å². The predicted octanol–water partition coefficient (Wildman–Crippen LogP) is 2.10. The van der Waals surface area contributed by atoms with Crippen molar-refractivity contribution in [2.75, 3.05) is 4.90 Å². The monoisotopic (exact) mass is 308 g/mol. The van der Waals surface area contributed by atoms with Gasteiger partial charge < -0.3 is 5.73 Å². The quantitative estimate of drug-likeness (QED) is 0.941. The molecule has 0 spiro atoms. The molecule has 118 valence electrons. The summed E-state index contributed by atoms with van der Waals surface area (Å²) in [5, 5.41) is 0. The largest absolute Gasteiger partial charge is 0.320 e. The second-order valence-corrected chi connectivity index (χ2v) is 5.96. The smallest absolute Gasteiger partial charge is 0.244 e. The number of benzene rings is 2. The van der Waals surface area contributed by atoms with Crippen molar-refractivity contribution in [2.45, 2.75) is 31.8 Å². The van der Waals surface area contributed by atoms with Crippen LogP contribution in [0.4, 0.5) is 5.69 Å². The van der Waals surface area contributed by atoms with Gasteiger partial charge in [0.25, 0.3) is 0 Å². The molecule has 0 bridgehead atoms. The number of anilines is 1. The molecule has 0 saturated carbocycles. The van der Waals surface area contributed by atoms with Gasteiger partial charge in [-0.1, -0.05) is 48.5 Å². The predicted molar refractivity (Wildman–Crippen MR) is 90.2 cm³/mol. The van der Waals surface area contributed by atoms with Crippen LogP contribution in [-0.4, -0.2) is 23.8 Å². The maximum Gasteiger partial charge on any atom is 0.244 e. The molecule has 0 aromatic heterocycles. The van der Waals surface area contributed by atoms with Crippen molar-refractivity contribution in [2.24, 2.45) is 5.73 Å². The van der Waals surface area contributed by atoms with E-state index >= 15 is 0 Å². The van der Waals surface area contributed by atoms with Crippen molar-refractivity contribution in [3.8, 4) is 0 Å². The summed E-state index contributed by atoms with van der Waals surface area (Å²) >= 11 is 0. The van der Waals surface area contributed by atoms with Crippen molar-refractivity contribution in [3.63, 3.8) is 0 Å². The number of ketones is 1. The van der Waals surface area contributed by atoms with E-state index in [1.165, 1.54) is 6.92 Å². The third kappa shape index (κ3) is 3.03. The normalized spacial score (nSPS) is 17.7. The third-order valence-corrected chi connectivity index (χ3v) is 4.30. The van der Waals surface area contributed by atoms with E-state index in [0.29, 0.717) is 12.8 Å². The molecule has 1 heterocycles. The Labute approximate surface area is 135 Å². The number of nitrogens with two attached hydrogens (primary N) is 1. The molecule has 1 aliphatic rings. The summed E-state index contributed by atoms with van der Waals surface area (Å²) in [6, 6.07) is 16.2. The van der Waals surface area contributed by atoms with Gasteiger partial charge in [-0.25, -0.2) is 0 Å². The zero-order valence-electron chi connectivity index (χ0n) is 13.1. The second-order valence-electron chi connectivity index (χ2n) is 5.96. The lowest BCUT2D eigenvalue weighted by Crippen LogP contribution is -2.50. The summed E-state index contributed by atoms with van der Waals surface area (Å²) in [5.41, 5.74) is 8.99. The number of fused-ring (bicyclic) bond motifs is 1. The van der Waals surface area contributed by atoms with Gasteiger partial charge in [0.05, 0.1) is 12.1 Å². The summed E-state index contributed by atoms with van der Waals surface area (Å²) in [5.74, 6) is -0.208. The minimum Gasteiger partial charge on any atom is -0.320 e. The van der Waals surface area contributed by atoms with Crippen LogP contribution < -0.4 is 10.6 Å². The van der Waals surface area contributed by atoms with Crippen LogP contribution in [0, 0.1) is 0 Å². The van der Waals surface area contributed by atoms with Crippen LogP contribution >= 0.6 is 0 Å². The van der Waals surface area contributed by atoms with Gasteiger partial charge in [-0.3, -0.25) is 14.5 Å². The number of carbonyl (C=O) groups is 2. The first-order valence-corrected chi connectivity index (χ1v) is 7.79. The van der Waals surface area contributed by atoms with E-state index in [1.54, 1.807) is 4.90 Å². The fraction of sp³-hybridized carbons (Fsp3) is 0.263. The summed E-state index contributed by atoms with van der Waals surface area (Å²) in [6.45, 7) is 1.53. The van der Waals surface area contributed by atoms with Crippen molar-refractivity contribution < 1.29 is 9.59 Å². The highest BCUT2D eigenvalue weighted by Gasteiger charge is 2.38. The van der Waals surface area contributed by atoms with Gasteiger partial charge in [0.2, 0.25) is 5.91 Å². The molecule has 0 radical (unpaired) electrons. The van der Waals surface area contributed by atoms with Crippen LogP contribution in [0.2, 0.25) is 0 Å². The Morgan fingerprint density at radius 3 is 2.48 bits per heavy atom. The number of carbonyl (C=O) groups excluding carboxylic acids is 2. The first-order valence-electron chi connectivity index (χ1n) is 7.79. The minimum absolute atomic E-state index is 0.0125. The van der Waals surface area contributed by atoms with Crippen LogP contribution in [-0.2, 0) is 22.4 Å². The number of Topliss-reactive ketones (excluding diaryl/α,β-unsaturated/α-hetero) is 1.